The highest BCUT2D eigenvalue weighted by atomic mass is 19.3. The molecule has 3 nitrogen and oxygen atoms in total. The Kier molecular flexibility index (Phi) is 3.42. The van der Waals surface area contributed by atoms with Gasteiger partial charge in [0.2, 0.25) is 5.91 Å². The number of rotatable bonds is 2. The predicted molar refractivity (Wildman–Crippen MR) is 47.8 cm³/mol. The molecular formula is C9H12F2N2O. The monoisotopic (exact) mass is 202 g/mol. The second-order valence-electron chi connectivity index (χ2n) is 3.14. The summed E-state index contributed by atoms with van der Waals surface area (Å²) in [5, 5.41) is 4.92. The molecule has 1 atom stereocenters. The number of amides is 1. The summed E-state index contributed by atoms with van der Waals surface area (Å²) in [6.07, 6.45) is -0.432. The Bertz CT molecular complexity index is 280. The third-order valence-electron chi connectivity index (χ3n) is 1.95. The Morgan fingerprint density at radius 2 is 2.43 bits per heavy atom. The van der Waals surface area contributed by atoms with Crippen LogP contribution in [0.2, 0.25) is 0 Å². The van der Waals surface area contributed by atoms with Gasteiger partial charge in [0.15, 0.2) is 0 Å². The molecule has 1 heterocycles. The molecule has 14 heavy (non-hydrogen) atoms. The number of carbonyl (C=O) groups excluding carboxylic acids is 1. The van der Waals surface area contributed by atoms with Crippen molar-refractivity contribution in [3.8, 4) is 11.8 Å². The molecule has 1 aliphatic heterocycles. The molecule has 0 radical (unpaired) electrons. The molecule has 1 aliphatic rings. The highest BCUT2D eigenvalue weighted by Crippen LogP contribution is 2.24. The molecule has 78 valence electrons. The van der Waals surface area contributed by atoms with E-state index in [0.717, 1.165) is 0 Å². The van der Waals surface area contributed by atoms with Crippen molar-refractivity contribution in [2.24, 2.45) is 0 Å². The Morgan fingerprint density at radius 3 is 2.93 bits per heavy atom. The van der Waals surface area contributed by atoms with E-state index in [2.05, 4.69) is 22.5 Å². The molecule has 0 aliphatic carbocycles. The summed E-state index contributed by atoms with van der Waals surface area (Å²) in [5.74, 6) is 2.05. The summed E-state index contributed by atoms with van der Waals surface area (Å²) in [7, 11) is 0. The standard InChI is InChI=1S/C9H12F2N2O/c1-2-3-4-12-8(14)7-5-9(10,11)6-13-7/h7,13H,4-6H2,1H3,(H,12,14). The van der Waals surface area contributed by atoms with Crippen molar-refractivity contribution >= 4 is 5.91 Å². The van der Waals surface area contributed by atoms with E-state index in [-0.39, 0.29) is 6.54 Å². The van der Waals surface area contributed by atoms with Gasteiger partial charge in [0, 0.05) is 6.42 Å². The molecule has 1 unspecified atom stereocenters. The molecule has 2 N–H and O–H groups in total. The number of nitrogens with one attached hydrogen (secondary N) is 2. The van der Waals surface area contributed by atoms with Gasteiger partial charge in [0.25, 0.3) is 5.92 Å². The summed E-state index contributed by atoms with van der Waals surface area (Å²) in [5.41, 5.74) is 0. The first kappa shape index (κ1) is 10.9. The van der Waals surface area contributed by atoms with Gasteiger partial charge < -0.3 is 5.32 Å². The molecular weight excluding hydrogens is 190 g/mol. The lowest BCUT2D eigenvalue weighted by Crippen LogP contribution is -2.40. The smallest absolute Gasteiger partial charge is 0.262 e. The van der Waals surface area contributed by atoms with Crippen LogP contribution in [-0.4, -0.2) is 31.0 Å². The zero-order chi connectivity index (χ0) is 10.6. The van der Waals surface area contributed by atoms with Gasteiger partial charge >= 0.3 is 0 Å². The molecule has 1 fully saturated rings. The zero-order valence-corrected chi connectivity index (χ0v) is 7.86. The Balaban J connectivity index is 2.35. The first-order valence-electron chi connectivity index (χ1n) is 4.34. The molecule has 0 bridgehead atoms. The fraction of sp³-hybridized carbons (Fsp3) is 0.667. The number of hydrogen-bond acceptors (Lipinski definition) is 2. The minimum atomic E-state index is -2.77. The third kappa shape index (κ3) is 2.96. The number of halogens is 2. The lowest BCUT2D eigenvalue weighted by atomic mass is 10.2. The van der Waals surface area contributed by atoms with Gasteiger partial charge in [0.1, 0.15) is 0 Å². The Labute approximate surface area is 81.2 Å². The molecule has 1 rings (SSSR count). The van der Waals surface area contributed by atoms with E-state index in [9.17, 15) is 13.6 Å². The second-order valence-corrected chi connectivity index (χ2v) is 3.14. The highest BCUT2D eigenvalue weighted by Gasteiger charge is 2.42. The van der Waals surface area contributed by atoms with Crippen LogP contribution in [0.25, 0.3) is 0 Å². The quantitative estimate of drug-likeness (QED) is 0.625. The minimum Gasteiger partial charge on any atom is -0.344 e. The van der Waals surface area contributed by atoms with E-state index in [0.29, 0.717) is 0 Å². The topological polar surface area (TPSA) is 41.1 Å². The number of carbonyl (C=O) groups is 1. The molecule has 1 saturated heterocycles. The van der Waals surface area contributed by atoms with Gasteiger partial charge in [0.05, 0.1) is 19.1 Å². The maximum absolute atomic E-state index is 12.7. The van der Waals surface area contributed by atoms with Crippen LogP contribution in [0.15, 0.2) is 0 Å². The Morgan fingerprint density at radius 1 is 1.71 bits per heavy atom. The zero-order valence-electron chi connectivity index (χ0n) is 7.86. The SMILES string of the molecule is CC#CCNC(=O)C1CC(F)(F)CN1. The molecule has 0 aromatic rings. The van der Waals surface area contributed by atoms with Crippen LogP contribution in [-0.2, 0) is 4.79 Å². The van der Waals surface area contributed by atoms with Crippen LogP contribution in [0.4, 0.5) is 8.78 Å². The number of alkyl halides is 2. The summed E-state index contributed by atoms with van der Waals surface area (Å²) < 4.78 is 25.3. The first-order valence-corrected chi connectivity index (χ1v) is 4.34. The molecule has 0 aromatic carbocycles. The fourth-order valence-electron chi connectivity index (χ4n) is 1.24. The van der Waals surface area contributed by atoms with E-state index >= 15 is 0 Å². The van der Waals surface area contributed by atoms with Gasteiger partial charge in [-0.2, -0.15) is 0 Å². The van der Waals surface area contributed by atoms with Crippen molar-refractivity contribution in [1.29, 1.82) is 0 Å². The van der Waals surface area contributed by atoms with Crippen LogP contribution < -0.4 is 10.6 Å². The molecule has 0 spiro atoms. The average Bonchev–Trinajstić information content (AvgIpc) is 2.46. The van der Waals surface area contributed by atoms with Crippen molar-refractivity contribution in [2.45, 2.75) is 25.3 Å². The van der Waals surface area contributed by atoms with Gasteiger partial charge in [-0.1, -0.05) is 5.92 Å². The van der Waals surface area contributed by atoms with Crippen molar-refractivity contribution in [3.63, 3.8) is 0 Å². The van der Waals surface area contributed by atoms with Crippen LogP contribution in [0.1, 0.15) is 13.3 Å². The van der Waals surface area contributed by atoms with Gasteiger partial charge in [-0.15, -0.1) is 5.92 Å². The molecule has 0 aromatic heterocycles. The minimum absolute atomic E-state index is 0.207. The average molecular weight is 202 g/mol. The van der Waals surface area contributed by atoms with Crippen molar-refractivity contribution < 1.29 is 13.6 Å². The molecule has 0 saturated carbocycles. The third-order valence-corrected chi connectivity index (χ3v) is 1.95. The van der Waals surface area contributed by atoms with Crippen molar-refractivity contribution in [2.75, 3.05) is 13.1 Å². The summed E-state index contributed by atoms with van der Waals surface area (Å²) in [4.78, 5) is 11.2. The van der Waals surface area contributed by atoms with Crippen LogP contribution >= 0.6 is 0 Å². The van der Waals surface area contributed by atoms with Crippen molar-refractivity contribution in [1.82, 2.24) is 10.6 Å². The fourth-order valence-corrected chi connectivity index (χ4v) is 1.24. The van der Waals surface area contributed by atoms with Gasteiger partial charge in [-0.25, -0.2) is 8.78 Å². The summed E-state index contributed by atoms with van der Waals surface area (Å²) >= 11 is 0. The van der Waals surface area contributed by atoms with Crippen LogP contribution in [0.5, 0.6) is 0 Å². The lowest BCUT2D eigenvalue weighted by Gasteiger charge is -2.08. The van der Waals surface area contributed by atoms with Crippen LogP contribution in [0, 0.1) is 11.8 Å². The molecule has 1 amide bonds. The van der Waals surface area contributed by atoms with E-state index in [1.807, 2.05) is 0 Å². The Hall–Kier alpha value is -1.15. The van der Waals surface area contributed by atoms with Gasteiger partial charge in [-0.05, 0) is 6.92 Å². The van der Waals surface area contributed by atoms with Crippen LogP contribution in [0.3, 0.4) is 0 Å². The maximum Gasteiger partial charge on any atom is 0.262 e. The second kappa shape index (κ2) is 4.38. The predicted octanol–water partition coefficient (Wildman–Crippen LogP) is 0.123. The highest BCUT2D eigenvalue weighted by molar-refractivity contribution is 5.82. The largest absolute Gasteiger partial charge is 0.344 e. The van der Waals surface area contributed by atoms with E-state index in [1.165, 1.54) is 0 Å². The van der Waals surface area contributed by atoms with E-state index in [4.69, 9.17) is 0 Å². The molecule has 5 heteroatoms. The normalized spacial score (nSPS) is 23.8. The van der Waals surface area contributed by atoms with E-state index < -0.39 is 30.8 Å². The van der Waals surface area contributed by atoms with E-state index in [1.54, 1.807) is 6.92 Å². The number of hydrogen-bond donors (Lipinski definition) is 2. The lowest BCUT2D eigenvalue weighted by molar-refractivity contribution is -0.123. The first-order chi connectivity index (χ1) is 6.55. The summed E-state index contributed by atoms with van der Waals surface area (Å²) in [6, 6.07) is -0.788. The van der Waals surface area contributed by atoms with Gasteiger partial charge in [-0.3, -0.25) is 10.1 Å². The van der Waals surface area contributed by atoms with Crippen molar-refractivity contribution in [3.05, 3.63) is 0 Å². The summed E-state index contributed by atoms with van der Waals surface area (Å²) in [6.45, 7) is 1.43. The maximum atomic E-state index is 12.7.